The Morgan fingerprint density at radius 2 is 1.05 bits per heavy atom. The number of nitrogens with one attached hydrogen (secondary N) is 6. The summed E-state index contributed by atoms with van der Waals surface area (Å²) in [7, 11) is 3.09. The second kappa shape index (κ2) is 65.0. The van der Waals surface area contributed by atoms with E-state index in [1.807, 2.05) is 88.6 Å². The summed E-state index contributed by atoms with van der Waals surface area (Å²) in [6, 6.07) is 40.2. The summed E-state index contributed by atoms with van der Waals surface area (Å²) in [4.78, 5) is 80.0. The van der Waals surface area contributed by atoms with Crippen LogP contribution >= 0.6 is 162 Å². The van der Waals surface area contributed by atoms with Gasteiger partial charge in [0, 0.05) is 139 Å². The van der Waals surface area contributed by atoms with E-state index >= 15 is 0 Å². The van der Waals surface area contributed by atoms with Gasteiger partial charge in [-0.25, -0.2) is 9.59 Å². The first-order valence-corrected chi connectivity index (χ1v) is 43.0. The molecule has 42 heteroatoms. The van der Waals surface area contributed by atoms with Crippen LogP contribution in [0.1, 0.15) is 91.9 Å². The number of nitrogens with zero attached hydrogens (tertiary/aromatic N) is 5. The van der Waals surface area contributed by atoms with Gasteiger partial charge in [0.05, 0.1) is 136 Å². The van der Waals surface area contributed by atoms with Gasteiger partial charge in [0.25, 0.3) is 6.47 Å². The average Bonchev–Trinajstić information content (AvgIpc) is 1.65. The van der Waals surface area contributed by atoms with Gasteiger partial charge < -0.3 is 81.5 Å². The summed E-state index contributed by atoms with van der Waals surface area (Å²) >= 11 is 82.0. The van der Waals surface area contributed by atoms with Gasteiger partial charge in [-0.05, 0) is 144 Å². The zero-order valence-electron chi connectivity index (χ0n) is 71.5. The molecule has 0 saturated carbocycles. The van der Waals surface area contributed by atoms with Crippen LogP contribution in [0, 0.1) is 53.2 Å². The minimum atomic E-state index is -0.815. The van der Waals surface area contributed by atoms with Gasteiger partial charge >= 0.3 is 37.6 Å². The van der Waals surface area contributed by atoms with Gasteiger partial charge in [-0.15, -0.1) is 0 Å². The van der Waals surface area contributed by atoms with Crippen LogP contribution in [0.25, 0.3) is 61.0 Å². The number of pyridine rings is 2. The molecular formula is C87H91BCl14N14O13. The van der Waals surface area contributed by atoms with Crippen LogP contribution in [0.4, 0.5) is 16.2 Å². The SMILES string of the molecule is CCC(CO)Nc1cc(C)nc2c(-c3ccc(Cl)cc3Cl)c[nH]c12.CCC(N)CO.CCOC(=O)Cl.CCOC(=O)c1[nH]cc(-c2ccc(Cl)cc2Cl)c1N.CCOC=O.COC(=O)CN.COC(=O)CN/C=C(\C#N)c1ccc(Cl)cc1Cl.Cc1cc(Cl)c2[nH]cc(-c3ccc(Cl)cc3Cl)c2n1.N#CC(C=O)c1ccc(Cl)cc1Cl.N#CCc1ccc(Cl)cc1Cl.[2H]B=N. The fraction of sp³-hybridized carbons (Fsp3) is 0.253. The first kappa shape index (κ1) is 115. The number of H-pyrrole nitrogens is 3. The van der Waals surface area contributed by atoms with E-state index in [9.17, 15) is 33.9 Å². The molecule has 14 N–H and O–H groups in total. The van der Waals surface area contributed by atoms with E-state index < -0.39 is 23.3 Å². The Hall–Kier alpha value is -9.63. The van der Waals surface area contributed by atoms with Crippen LogP contribution < -0.4 is 27.8 Å². The molecule has 688 valence electrons. The first-order valence-electron chi connectivity index (χ1n) is 38.3. The number of aromatic amines is 3. The number of hydrogen-bond donors (Lipinski definition) is 11. The number of halogens is 14. The van der Waals surface area contributed by atoms with E-state index in [1.54, 1.807) is 112 Å². The van der Waals surface area contributed by atoms with Gasteiger partial charge in [-0.1, -0.05) is 201 Å². The van der Waals surface area contributed by atoms with Crippen molar-refractivity contribution in [1.82, 2.24) is 30.2 Å². The normalized spacial score (nSPS) is 10.7. The Bertz CT molecular complexity index is 5650. The van der Waals surface area contributed by atoms with Crippen LogP contribution in [0.15, 0.2) is 146 Å². The molecule has 27 nitrogen and oxygen atoms in total. The molecule has 11 rings (SSSR count). The van der Waals surface area contributed by atoms with Gasteiger partial charge in [0.15, 0.2) is 0 Å². The van der Waals surface area contributed by atoms with Crippen molar-refractivity contribution in [1.29, 1.82) is 22.4 Å². The first-order chi connectivity index (χ1) is 61.8. The second-order valence-corrected chi connectivity index (χ2v) is 30.8. The quantitative estimate of drug-likeness (QED) is 0.00749. The molecule has 0 amide bonds. The summed E-state index contributed by atoms with van der Waals surface area (Å²) in [5.41, 5.74) is 28.9. The van der Waals surface area contributed by atoms with E-state index in [1.165, 1.54) is 26.5 Å². The van der Waals surface area contributed by atoms with Crippen molar-refractivity contribution in [3.05, 3.63) is 245 Å². The van der Waals surface area contributed by atoms with Gasteiger partial charge in [0.2, 0.25) is 0 Å². The standard InChI is InChI=1S/C18H19Cl2N3O.C14H9Cl3N2.C13H12Cl2N2O2.C12H10Cl2N2O2.C9H5Cl2NO.C8H5Cl2N.C4H11NO.C3H5ClO2.C3H7NO2.C3H6O2.BH2N/c1-3-12(9-24)23-16-6-10(2)22-17-14(8-21-18(16)17)13-5-4-11(19)7-15(13)20;1-7-4-12(17)14-13(19-7)10(6-18-14)9-3-2-8(15)5-11(9)16;1-2-19-13(18)12-11(16)9(6-17-12)8-4-3-7(14)5-10(8)15;1-18-12(17)7-16-6-8(5-15)10-3-2-9(13)4-11(10)14;10-7-1-2-8(9(11)3-7)6(4-12)5-13;9-7-2-1-6(3-4-11)8(10)5-7;1-2-4(5)3-6;1-2-6-3(4)5;1-6-3(5)2-4;1-2-5-3-4;1-2/h4-8,12,21,24H,3,9H2,1-2H3,(H,22,23);2-6,18H,1H3;3-6,17H,2,16H2,1H3;2-4,6,16H,7H2,1H3;1-3,5-6H;1-2,5H,3H2;4,6H,2-3,5H2,1H3;2H2,1H3;2,4H2,1H3;3H,2H2,1H3;1-2H/b;;;8-6+;;;;;;;/i;;;;;;;;;;1D. The monoisotopic (exact) mass is 2040 g/mol. The molecule has 129 heavy (non-hydrogen) atoms. The fourth-order valence-corrected chi connectivity index (χ4v) is 13.3. The molecule has 0 aliphatic rings. The van der Waals surface area contributed by atoms with Crippen LogP contribution in [0.5, 0.6) is 0 Å². The van der Waals surface area contributed by atoms with Gasteiger partial charge in [-0.3, -0.25) is 24.4 Å². The number of aryl methyl sites for hydroxylation is 2. The van der Waals surface area contributed by atoms with Gasteiger partial charge in [-0.2, -0.15) is 15.8 Å². The Labute approximate surface area is 819 Å². The molecule has 6 aromatic carbocycles. The van der Waals surface area contributed by atoms with Gasteiger partial charge in [0.1, 0.15) is 30.5 Å². The van der Waals surface area contributed by atoms with Crippen molar-refractivity contribution >= 4 is 245 Å². The molecule has 0 bridgehead atoms. The summed E-state index contributed by atoms with van der Waals surface area (Å²) in [5, 5.41) is 62.3. The maximum absolute atomic E-state index is 11.7. The Kier molecular flexibility index (Phi) is 58.2. The van der Waals surface area contributed by atoms with E-state index in [0.717, 1.165) is 79.8 Å². The number of anilines is 2. The zero-order valence-corrected chi connectivity index (χ0v) is 81.1. The second-order valence-electron chi connectivity index (χ2n) is 25.0. The number of carbonyl (C=O) groups excluding carboxylic acids is 6. The molecule has 0 fully saturated rings. The minimum absolute atomic E-state index is 0.000805. The van der Waals surface area contributed by atoms with Crippen molar-refractivity contribution in [2.45, 2.75) is 85.7 Å². The number of aromatic nitrogens is 5. The molecule has 3 unspecified atom stereocenters. The third kappa shape index (κ3) is 41.6. The van der Waals surface area contributed by atoms with E-state index in [4.69, 9.17) is 212 Å². The van der Waals surface area contributed by atoms with E-state index in [-0.39, 0.29) is 56.7 Å². The number of carbonyl (C=O) groups is 6. The average molecular weight is 2050 g/mol. The number of nitrogens with two attached hydrogens (primary N) is 3. The number of aliphatic hydroxyl groups excluding tert-OH is 2. The molecule has 0 radical (unpaired) electrons. The predicted octanol–water partition coefficient (Wildman–Crippen LogP) is 22.8. The summed E-state index contributed by atoms with van der Waals surface area (Å²) in [6.45, 7) is 14.7. The molecule has 0 saturated heterocycles. The van der Waals surface area contributed by atoms with Crippen molar-refractivity contribution in [3.63, 3.8) is 0 Å². The molecule has 0 spiro atoms. The predicted molar refractivity (Wildman–Crippen MR) is 523 cm³/mol. The number of allylic oxidation sites excluding steroid dienone is 1. The van der Waals surface area contributed by atoms with Crippen LogP contribution in [0.2, 0.25) is 65.3 Å². The number of hydrogen-bond acceptors (Lipinski definition) is 24. The number of ether oxygens (including phenoxy) is 5. The molecule has 5 heterocycles. The summed E-state index contributed by atoms with van der Waals surface area (Å²) < 4.78 is 27.6. The van der Waals surface area contributed by atoms with E-state index in [0.29, 0.717) is 139 Å². The number of methoxy groups -OCH3 is 2. The van der Waals surface area contributed by atoms with Crippen molar-refractivity contribution in [2.75, 3.05) is 71.4 Å². The number of fused-ring (bicyclic) bond motifs is 2. The third-order valence-corrected chi connectivity index (χ3v) is 19.9. The number of nitrogen functional groups attached to an aromatic ring is 1. The van der Waals surface area contributed by atoms with Crippen molar-refractivity contribution in [2.24, 2.45) is 11.5 Å². The van der Waals surface area contributed by atoms with E-state index in [2.05, 4.69) is 54.5 Å². The molecule has 0 aliphatic heterocycles. The fourth-order valence-electron chi connectivity index (χ4n) is 9.84. The van der Waals surface area contributed by atoms with Crippen LogP contribution in [0.3, 0.4) is 0 Å². The number of nitriles is 3. The number of aldehydes is 1. The Balaban J connectivity index is 0.000000746. The maximum atomic E-state index is 11.7. The van der Waals surface area contributed by atoms with Crippen molar-refractivity contribution < 1.29 is 62.7 Å². The molecule has 5 aromatic heterocycles. The topological polar surface area (TPSA) is 460 Å². The number of esters is 3. The number of aliphatic hydroxyl groups is 2. The third-order valence-electron chi connectivity index (χ3n) is 16.2. The van der Waals surface area contributed by atoms with Crippen LogP contribution in [-0.2, 0) is 49.3 Å². The number of benzene rings is 6. The molecule has 3 atom stereocenters. The van der Waals surface area contributed by atoms with Crippen molar-refractivity contribution in [3.8, 4) is 51.6 Å². The Morgan fingerprint density at radius 3 is 1.43 bits per heavy atom. The molecule has 0 aliphatic carbocycles. The summed E-state index contributed by atoms with van der Waals surface area (Å²) in [6.07, 6.45) is 9.36. The number of rotatable bonds is 22. The molecular weight excluding hydrogens is 1960 g/mol. The summed E-state index contributed by atoms with van der Waals surface area (Å²) in [5.74, 6) is -2.11. The zero-order chi connectivity index (χ0) is 98.3. The Morgan fingerprint density at radius 1 is 0.589 bits per heavy atom. The van der Waals surface area contributed by atoms with Crippen LogP contribution in [-0.4, -0.2) is 153 Å². The molecule has 11 aromatic rings.